The summed E-state index contributed by atoms with van der Waals surface area (Å²) in [4.78, 5) is 0. The number of aryl methyl sites for hydroxylation is 3. The van der Waals surface area contributed by atoms with Crippen LogP contribution in [-0.2, 0) is 6.42 Å². The highest BCUT2D eigenvalue weighted by Crippen LogP contribution is 2.33. The minimum atomic E-state index is 0.436. The van der Waals surface area contributed by atoms with E-state index >= 15 is 0 Å². The lowest BCUT2D eigenvalue weighted by molar-refractivity contribution is 0.550. The molecule has 0 spiro atoms. The van der Waals surface area contributed by atoms with Crippen molar-refractivity contribution >= 4 is 0 Å². The van der Waals surface area contributed by atoms with Gasteiger partial charge in [0.05, 0.1) is 0 Å². The molecule has 1 aliphatic carbocycles. The summed E-state index contributed by atoms with van der Waals surface area (Å²) in [5.74, 6) is 0.830. The van der Waals surface area contributed by atoms with Crippen molar-refractivity contribution in [3.63, 3.8) is 0 Å². The molecule has 0 bridgehead atoms. The van der Waals surface area contributed by atoms with E-state index in [1.54, 1.807) is 0 Å². The standard InChI is InChI=1S/C14H21N/c1-10-7-11(2)9-12(8-10)3-6-14(15)13-4-5-13/h7-9,13-14H,3-6,15H2,1-2H3. The third kappa shape index (κ3) is 3.07. The summed E-state index contributed by atoms with van der Waals surface area (Å²) >= 11 is 0. The maximum Gasteiger partial charge on any atom is 0.00703 e. The first kappa shape index (κ1) is 10.7. The van der Waals surface area contributed by atoms with E-state index in [2.05, 4.69) is 32.0 Å². The summed E-state index contributed by atoms with van der Waals surface area (Å²) in [5, 5.41) is 0. The van der Waals surface area contributed by atoms with Crippen molar-refractivity contribution in [3.8, 4) is 0 Å². The van der Waals surface area contributed by atoms with Crippen molar-refractivity contribution in [1.29, 1.82) is 0 Å². The van der Waals surface area contributed by atoms with Gasteiger partial charge in [0, 0.05) is 6.04 Å². The molecule has 2 N–H and O–H groups in total. The Labute approximate surface area is 92.7 Å². The molecule has 1 saturated carbocycles. The quantitative estimate of drug-likeness (QED) is 0.800. The van der Waals surface area contributed by atoms with Crippen LogP contribution in [-0.4, -0.2) is 6.04 Å². The summed E-state index contributed by atoms with van der Waals surface area (Å²) in [5.41, 5.74) is 10.3. The predicted octanol–water partition coefficient (Wildman–Crippen LogP) is 2.97. The van der Waals surface area contributed by atoms with Crippen LogP contribution in [0.5, 0.6) is 0 Å². The normalized spacial score (nSPS) is 17.8. The minimum absolute atomic E-state index is 0.436. The Morgan fingerprint density at radius 3 is 2.33 bits per heavy atom. The molecular weight excluding hydrogens is 182 g/mol. The topological polar surface area (TPSA) is 26.0 Å². The molecule has 1 aromatic rings. The number of benzene rings is 1. The summed E-state index contributed by atoms with van der Waals surface area (Å²) in [6, 6.07) is 7.23. The Bertz CT molecular complexity index is 319. The Hall–Kier alpha value is -0.820. The third-order valence-electron chi connectivity index (χ3n) is 3.28. The van der Waals surface area contributed by atoms with Gasteiger partial charge in [-0.05, 0) is 51.0 Å². The van der Waals surface area contributed by atoms with Crippen molar-refractivity contribution < 1.29 is 0 Å². The largest absolute Gasteiger partial charge is 0.327 e. The van der Waals surface area contributed by atoms with Gasteiger partial charge in [0.25, 0.3) is 0 Å². The highest BCUT2D eigenvalue weighted by Gasteiger charge is 2.27. The highest BCUT2D eigenvalue weighted by molar-refractivity contribution is 5.28. The molecule has 0 radical (unpaired) electrons. The maximum atomic E-state index is 6.10. The van der Waals surface area contributed by atoms with Crippen LogP contribution in [0.2, 0.25) is 0 Å². The van der Waals surface area contributed by atoms with Gasteiger partial charge >= 0.3 is 0 Å². The fourth-order valence-corrected chi connectivity index (χ4v) is 2.31. The molecule has 1 aliphatic rings. The van der Waals surface area contributed by atoms with E-state index in [0.29, 0.717) is 6.04 Å². The van der Waals surface area contributed by atoms with Crippen LogP contribution < -0.4 is 5.73 Å². The average molecular weight is 203 g/mol. The zero-order valence-corrected chi connectivity index (χ0v) is 9.79. The molecule has 0 amide bonds. The second-order valence-electron chi connectivity index (χ2n) is 5.04. The van der Waals surface area contributed by atoms with E-state index in [9.17, 15) is 0 Å². The molecule has 1 fully saturated rings. The van der Waals surface area contributed by atoms with Crippen molar-refractivity contribution in [3.05, 3.63) is 34.9 Å². The van der Waals surface area contributed by atoms with Crippen molar-refractivity contribution in [1.82, 2.24) is 0 Å². The SMILES string of the molecule is Cc1cc(C)cc(CCC(N)C2CC2)c1. The van der Waals surface area contributed by atoms with Crippen LogP contribution in [0.15, 0.2) is 18.2 Å². The lowest BCUT2D eigenvalue weighted by Crippen LogP contribution is -2.22. The molecule has 1 heteroatoms. The monoisotopic (exact) mass is 203 g/mol. The minimum Gasteiger partial charge on any atom is -0.327 e. The second kappa shape index (κ2) is 4.36. The van der Waals surface area contributed by atoms with E-state index in [1.165, 1.54) is 29.5 Å². The van der Waals surface area contributed by atoms with E-state index in [1.807, 2.05) is 0 Å². The van der Waals surface area contributed by atoms with Crippen LogP contribution >= 0.6 is 0 Å². The van der Waals surface area contributed by atoms with Crippen molar-refractivity contribution in [2.45, 2.75) is 45.6 Å². The van der Waals surface area contributed by atoms with Gasteiger partial charge in [0.2, 0.25) is 0 Å². The van der Waals surface area contributed by atoms with Crippen molar-refractivity contribution in [2.75, 3.05) is 0 Å². The van der Waals surface area contributed by atoms with Crippen molar-refractivity contribution in [2.24, 2.45) is 11.7 Å². The Kier molecular flexibility index (Phi) is 3.11. The molecule has 2 rings (SSSR count). The first-order chi connectivity index (χ1) is 7.15. The van der Waals surface area contributed by atoms with Gasteiger partial charge in [-0.3, -0.25) is 0 Å². The number of nitrogens with two attached hydrogens (primary N) is 1. The second-order valence-corrected chi connectivity index (χ2v) is 5.04. The highest BCUT2D eigenvalue weighted by atomic mass is 14.7. The molecule has 0 aliphatic heterocycles. The summed E-state index contributed by atoms with van der Waals surface area (Å²) < 4.78 is 0. The Morgan fingerprint density at radius 1 is 1.20 bits per heavy atom. The molecule has 1 atom stereocenters. The summed E-state index contributed by atoms with van der Waals surface area (Å²) in [7, 11) is 0. The molecule has 1 nitrogen and oxygen atoms in total. The lowest BCUT2D eigenvalue weighted by atomic mass is 10.00. The zero-order valence-electron chi connectivity index (χ0n) is 9.79. The van der Waals surface area contributed by atoms with Crippen LogP contribution in [0.25, 0.3) is 0 Å². The third-order valence-corrected chi connectivity index (χ3v) is 3.28. The lowest BCUT2D eigenvalue weighted by Gasteiger charge is -2.10. The maximum absolute atomic E-state index is 6.10. The number of rotatable bonds is 4. The van der Waals surface area contributed by atoms with Gasteiger partial charge in [0.1, 0.15) is 0 Å². The molecule has 82 valence electrons. The smallest absolute Gasteiger partial charge is 0.00703 e. The van der Waals surface area contributed by atoms with Gasteiger partial charge < -0.3 is 5.73 Å². The average Bonchev–Trinajstić information content (AvgIpc) is 2.95. The number of hydrogen-bond donors (Lipinski definition) is 1. The Morgan fingerprint density at radius 2 is 1.80 bits per heavy atom. The molecular formula is C14H21N. The predicted molar refractivity (Wildman–Crippen MR) is 64.9 cm³/mol. The van der Waals surface area contributed by atoms with Gasteiger partial charge in [-0.15, -0.1) is 0 Å². The zero-order chi connectivity index (χ0) is 10.8. The number of hydrogen-bond acceptors (Lipinski definition) is 1. The van der Waals surface area contributed by atoms with Crippen LogP contribution in [0.3, 0.4) is 0 Å². The summed E-state index contributed by atoms with van der Waals surface area (Å²) in [6.45, 7) is 4.33. The van der Waals surface area contributed by atoms with Gasteiger partial charge in [-0.1, -0.05) is 29.3 Å². The van der Waals surface area contributed by atoms with Crippen LogP contribution in [0.4, 0.5) is 0 Å². The van der Waals surface area contributed by atoms with Crippen LogP contribution in [0, 0.1) is 19.8 Å². The van der Waals surface area contributed by atoms with Gasteiger partial charge in [-0.25, -0.2) is 0 Å². The molecule has 15 heavy (non-hydrogen) atoms. The van der Waals surface area contributed by atoms with Gasteiger partial charge in [-0.2, -0.15) is 0 Å². The van der Waals surface area contributed by atoms with Crippen LogP contribution in [0.1, 0.15) is 36.0 Å². The fourth-order valence-electron chi connectivity index (χ4n) is 2.31. The molecule has 0 aromatic heterocycles. The van der Waals surface area contributed by atoms with E-state index in [-0.39, 0.29) is 0 Å². The molecule has 1 aromatic carbocycles. The van der Waals surface area contributed by atoms with E-state index in [4.69, 9.17) is 5.73 Å². The first-order valence-corrected chi connectivity index (χ1v) is 5.98. The molecule has 0 heterocycles. The van der Waals surface area contributed by atoms with E-state index < -0.39 is 0 Å². The fraction of sp³-hybridized carbons (Fsp3) is 0.571. The Balaban J connectivity index is 1.91. The summed E-state index contributed by atoms with van der Waals surface area (Å²) in [6.07, 6.45) is 5.00. The molecule has 1 unspecified atom stereocenters. The van der Waals surface area contributed by atoms with E-state index in [0.717, 1.165) is 18.8 Å². The molecule has 0 saturated heterocycles. The van der Waals surface area contributed by atoms with Gasteiger partial charge in [0.15, 0.2) is 0 Å². The first-order valence-electron chi connectivity index (χ1n) is 5.98.